The van der Waals surface area contributed by atoms with Crippen molar-refractivity contribution in [1.29, 1.82) is 0 Å². The van der Waals surface area contributed by atoms with Crippen LogP contribution in [0.15, 0.2) is 4.52 Å². The molecule has 108 valence electrons. The summed E-state index contributed by atoms with van der Waals surface area (Å²) in [6.07, 6.45) is 3.37. The van der Waals surface area contributed by atoms with Crippen molar-refractivity contribution in [1.82, 2.24) is 20.4 Å². The summed E-state index contributed by atoms with van der Waals surface area (Å²) in [4.78, 5) is 6.64. The number of morpholine rings is 1. The zero-order chi connectivity index (χ0) is 13.5. The Hall–Kier alpha value is -0.980. The average Bonchev–Trinajstić information content (AvgIpc) is 2.84. The minimum absolute atomic E-state index is 0.255. The molecule has 2 rings (SSSR count). The second-order valence-electron chi connectivity index (χ2n) is 5.09. The van der Waals surface area contributed by atoms with Gasteiger partial charge in [-0.15, -0.1) is 0 Å². The Labute approximate surface area is 114 Å². The molecule has 1 fully saturated rings. The van der Waals surface area contributed by atoms with Crippen LogP contribution < -0.4 is 5.32 Å². The van der Waals surface area contributed by atoms with E-state index in [-0.39, 0.29) is 6.10 Å². The topological polar surface area (TPSA) is 63.4 Å². The average molecular weight is 268 g/mol. The lowest BCUT2D eigenvalue weighted by Crippen LogP contribution is -2.44. The fourth-order valence-electron chi connectivity index (χ4n) is 2.13. The van der Waals surface area contributed by atoms with Crippen LogP contribution in [0.1, 0.15) is 31.5 Å². The number of rotatable bonds is 7. The van der Waals surface area contributed by atoms with Gasteiger partial charge in [-0.2, -0.15) is 4.98 Å². The second kappa shape index (κ2) is 7.57. The van der Waals surface area contributed by atoms with Crippen LogP contribution in [0.4, 0.5) is 0 Å². The first-order chi connectivity index (χ1) is 9.28. The summed E-state index contributed by atoms with van der Waals surface area (Å²) in [5.41, 5.74) is 0. The van der Waals surface area contributed by atoms with Gasteiger partial charge in [0.25, 0.3) is 0 Å². The summed E-state index contributed by atoms with van der Waals surface area (Å²) in [7, 11) is 2.12. The molecule has 1 aliphatic rings. The van der Waals surface area contributed by atoms with E-state index in [1.54, 1.807) is 0 Å². The zero-order valence-corrected chi connectivity index (χ0v) is 11.9. The van der Waals surface area contributed by atoms with Crippen LogP contribution in [0.25, 0.3) is 0 Å². The molecule has 0 aromatic carbocycles. The van der Waals surface area contributed by atoms with E-state index in [4.69, 9.17) is 9.26 Å². The van der Waals surface area contributed by atoms with E-state index in [9.17, 15) is 0 Å². The maximum atomic E-state index is 5.68. The van der Waals surface area contributed by atoms with E-state index in [1.807, 2.05) is 0 Å². The highest BCUT2D eigenvalue weighted by Gasteiger charge is 2.17. The number of hydrogen-bond acceptors (Lipinski definition) is 6. The molecule has 1 aromatic heterocycles. The van der Waals surface area contributed by atoms with Gasteiger partial charge < -0.3 is 19.5 Å². The molecule has 1 atom stereocenters. The highest BCUT2D eigenvalue weighted by Crippen LogP contribution is 2.04. The number of ether oxygens (including phenoxy) is 1. The number of aromatic nitrogens is 2. The predicted molar refractivity (Wildman–Crippen MR) is 71.9 cm³/mol. The van der Waals surface area contributed by atoms with E-state index in [1.165, 1.54) is 0 Å². The van der Waals surface area contributed by atoms with Crippen LogP contribution in [-0.2, 0) is 17.7 Å². The van der Waals surface area contributed by atoms with Gasteiger partial charge in [0.15, 0.2) is 5.82 Å². The summed E-state index contributed by atoms with van der Waals surface area (Å²) < 4.78 is 10.9. The number of unbranched alkanes of at least 4 members (excludes halogenated alkanes) is 1. The standard InChI is InChI=1S/C13H24N4O2/c1-3-4-5-13-15-12(16-19-13)9-14-8-11-10-17(2)6-7-18-11/h11,14H,3-10H2,1-2H3/t11-/m1/s1. The summed E-state index contributed by atoms with van der Waals surface area (Å²) in [6.45, 7) is 6.41. The van der Waals surface area contributed by atoms with Crippen molar-refractivity contribution in [2.45, 2.75) is 38.8 Å². The highest BCUT2D eigenvalue weighted by molar-refractivity contribution is 4.86. The van der Waals surface area contributed by atoms with Crippen LogP contribution in [-0.4, -0.2) is 54.4 Å². The fraction of sp³-hybridized carbons (Fsp3) is 0.846. The molecule has 0 saturated carbocycles. The molecule has 1 N–H and O–H groups in total. The van der Waals surface area contributed by atoms with Gasteiger partial charge in [-0.05, 0) is 13.5 Å². The van der Waals surface area contributed by atoms with E-state index < -0.39 is 0 Å². The highest BCUT2D eigenvalue weighted by atomic mass is 16.5. The summed E-state index contributed by atoms with van der Waals surface area (Å²) in [6, 6.07) is 0. The monoisotopic (exact) mass is 268 g/mol. The quantitative estimate of drug-likeness (QED) is 0.790. The molecule has 6 nitrogen and oxygen atoms in total. The van der Waals surface area contributed by atoms with Gasteiger partial charge in [-0.1, -0.05) is 18.5 Å². The zero-order valence-electron chi connectivity index (χ0n) is 11.9. The van der Waals surface area contributed by atoms with E-state index in [2.05, 4.69) is 34.3 Å². The predicted octanol–water partition coefficient (Wildman–Crippen LogP) is 0.832. The molecule has 1 saturated heterocycles. The molecule has 1 aromatic rings. The van der Waals surface area contributed by atoms with Gasteiger partial charge in [0, 0.05) is 26.1 Å². The Morgan fingerprint density at radius 3 is 3.16 bits per heavy atom. The van der Waals surface area contributed by atoms with Crippen LogP contribution in [0.2, 0.25) is 0 Å². The molecule has 0 spiro atoms. The maximum absolute atomic E-state index is 5.68. The number of nitrogens with zero attached hydrogens (tertiary/aromatic N) is 3. The third-order valence-corrected chi connectivity index (χ3v) is 3.25. The fourth-order valence-corrected chi connectivity index (χ4v) is 2.13. The number of likely N-dealkylation sites (N-methyl/N-ethyl adjacent to an activating group) is 1. The van der Waals surface area contributed by atoms with Crippen molar-refractivity contribution in [3.63, 3.8) is 0 Å². The van der Waals surface area contributed by atoms with Gasteiger partial charge in [0.1, 0.15) is 0 Å². The largest absolute Gasteiger partial charge is 0.374 e. The summed E-state index contributed by atoms with van der Waals surface area (Å²) >= 11 is 0. The Kier molecular flexibility index (Phi) is 5.75. The van der Waals surface area contributed by atoms with Gasteiger partial charge in [-0.3, -0.25) is 0 Å². The third-order valence-electron chi connectivity index (χ3n) is 3.25. The second-order valence-corrected chi connectivity index (χ2v) is 5.09. The van der Waals surface area contributed by atoms with Crippen molar-refractivity contribution >= 4 is 0 Å². The first-order valence-corrected chi connectivity index (χ1v) is 7.10. The van der Waals surface area contributed by atoms with Crippen LogP contribution >= 0.6 is 0 Å². The molecule has 6 heteroatoms. The van der Waals surface area contributed by atoms with Crippen molar-refractivity contribution in [3.05, 3.63) is 11.7 Å². The maximum Gasteiger partial charge on any atom is 0.226 e. The molecule has 2 heterocycles. The minimum Gasteiger partial charge on any atom is -0.374 e. The number of nitrogens with one attached hydrogen (secondary N) is 1. The van der Waals surface area contributed by atoms with Gasteiger partial charge >= 0.3 is 0 Å². The van der Waals surface area contributed by atoms with E-state index in [0.29, 0.717) is 6.54 Å². The Morgan fingerprint density at radius 2 is 2.37 bits per heavy atom. The van der Waals surface area contributed by atoms with Crippen LogP contribution in [0.3, 0.4) is 0 Å². The first kappa shape index (κ1) is 14.4. The van der Waals surface area contributed by atoms with Gasteiger partial charge in [0.05, 0.1) is 19.3 Å². The molecular weight excluding hydrogens is 244 g/mol. The van der Waals surface area contributed by atoms with Gasteiger partial charge in [0.2, 0.25) is 5.89 Å². The molecule has 19 heavy (non-hydrogen) atoms. The van der Waals surface area contributed by atoms with Crippen molar-refractivity contribution in [2.75, 3.05) is 33.3 Å². The van der Waals surface area contributed by atoms with Gasteiger partial charge in [-0.25, -0.2) is 0 Å². The third kappa shape index (κ3) is 4.89. The molecular formula is C13H24N4O2. The summed E-state index contributed by atoms with van der Waals surface area (Å²) in [5, 5.41) is 7.29. The normalized spacial score (nSPS) is 20.8. The minimum atomic E-state index is 0.255. The van der Waals surface area contributed by atoms with E-state index >= 15 is 0 Å². The molecule has 0 amide bonds. The lowest BCUT2D eigenvalue weighted by Gasteiger charge is -2.30. The van der Waals surface area contributed by atoms with Crippen molar-refractivity contribution in [2.24, 2.45) is 0 Å². The molecule has 0 aliphatic carbocycles. The number of aryl methyl sites for hydroxylation is 1. The SMILES string of the molecule is CCCCc1nc(CNC[C@@H]2CN(C)CCO2)no1. The Bertz CT molecular complexity index is 369. The van der Waals surface area contributed by atoms with Crippen molar-refractivity contribution in [3.8, 4) is 0 Å². The van der Waals surface area contributed by atoms with Crippen LogP contribution in [0, 0.1) is 0 Å². The molecule has 0 bridgehead atoms. The van der Waals surface area contributed by atoms with E-state index in [0.717, 1.165) is 57.2 Å². The smallest absolute Gasteiger partial charge is 0.226 e. The Morgan fingerprint density at radius 1 is 1.47 bits per heavy atom. The summed E-state index contributed by atoms with van der Waals surface area (Å²) in [5.74, 6) is 1.47. The van der Waals surface area contributed by atoms with Crippen LogP contribution in [0.5, 0.6) is 0 Å². The lowest BCUT2D eigenvalue weighted by molar-refractivity contribution is -0.0182. The molecule has 1 aliphatic heterocycles. The number of hydrogen-bond donors (Lipinski definition) is 1. The lowest BCUT2D eigenvalue weighted by atomic mass is 10.2. The Balaban J connectivity index is 1.66. The molecule has 0 radical (unpaired) electrons. The first-order valence-electron chi connectivity index (χ1n) is 7.10. The van der Waals surface area contributed by atoms with Crippen molar-refractivity contribution < 1.29 is 9.26 Å². The molecule has 0 unspecified atom stereocenters.